The van der Waals surface area contributed by atoms with Crippen molar-refractivity contribution in [2.75, 3.05) is 6.54 Å². The van der Waals surface area contributed by atoms with E-state index in [4.69, 9.17) is 22.3 Å². The van der Waals surface area contributed by atoms with Crippen LogP contribution < -0.4 is 5.73 Å². The van der Waals surface area contributed by atoms with Crippen molar-refractivity contribution in [1.29, 1.82) is 0 Å². The van der Waals surface area contributed by atoms with Gasteiger partial charge in [0.25, 0.3) is 0 Å². The van der Waals surface area contributed by atoms with Crippen LogP contribution in [0.25, 0.3) is 21.9 Å². The summed E-state index contributed by atoms with van der Waals surface area (Å²) in [6, 6.07) is 5.83. The SMILES string of the molecule is C.CCCCCN.Cn1c(C2CCC2)nc2cnc3ccc(Cl)cc3c21. The molecule has 1 fully saturated rings. The number of nitrogens with two attached hydrogens (primary N) is 1. The number of halogens is 1. The second-order valence-electron chi connectivity index (χ2n) is 6.81. The average molecular weight is 375 g/mol. The molecule has 4 rings (SSSR count). The molecule has 2 aromatic heterocycles. The number of aryl methyl sites for hydroxylation is 1. The summed E-state index contributed by atoms with van der Waals surface area (Å²) >= 11 is 6.12. The first-order chi connectivity index (χ1) is 12.2. The Morgan fingerprint density at radius 3 is 2.58 bits per heavy atom. The predicted molar refractivity (Wildman–Crippen MR) is 113 cm³/mol. The van der Waals surface area contributed by atoms with Crippen LogP contribution in [0, 0.1) is 0 Å². The molecule has 0 radical (unpaired) electrons. The van der Waals surface area contributed by atoms with E-state index >= 15 is 0 Å². The summed E-state index contributed by atoms with van der Waals surface area (Å²) in [6.07, 6.45) is 9.45. The number of hydrogen-bond acceptors (Lipinski definition) is 3. The molecule has 142 valence electrons. The zero-order chi connectivity index (χ0) is 17.8. The molecule has 2 N–H and O–H groups in total. The Morgan fingerprint density at radius 1 is 1.23 bits per heavy atom. The van der Waals surface area contributed by atoms with Gasteiger partial charge in [0, 0.05) is 23.4 Å². The van der Waals surface area contributed by atoms with E-state index in [1.807, 2.05) is 24.4 Å². The smallest absolute Gasteiger partial charge is 0.112 e. The highest BCUT2D eigenvalue weighted by atomic mass is 35.5. The highest BCUT2D eigenvalue weighted by Gasteiger charge is 2.25. The summed E-state index contributed by atoms with van der Waals surface area (Å²) < 4.78 is 2.22. The highest BCUT2D eigenvalue weighted by molar-refractivity contribution is 6.31. The van der Waals surface area contributed by atoms with Gasteiger partial charge in [0.15, 0.2) is 0 Å². The van der Waals surface area contributed by atoms with Crippen molar-refractivity contribution in [2.45, 2.75) is 58.8 Å². The van der Waals surface area contributed by atoms with Crippen molar-refractivity contribution in [3.05, 3.63) is 35.2 Å². The largest absolute Gasteiger partial charge is 0.330 e. The Hall–Kier alpha value is -1.65. The molecule has 1 aliphatic rings. The average Bonchev–Trinajstić information content (AvgIpc) is 2.89. The van der Waals surface area contributed by atoms with Crippen molar-refractivity contribution in [3.63, 3.8) is 0 Å². The lowest BCUT2D eigenvalue weighted by molar-refractivity contribution is 0.395. The maximum atomic E-state index is 6.12. The summed E-state index contributed by atoms with van der Waals surface area (Å²) in [5, 5.41) is 1.83. The number of unbranched alkanes of at least 4 members (excludes halogenated alkanes) is 2. The number of benzene rings is 1. The van der Waals surface area contributed by atoms with Gasteiger partial charge in [0.1, 0.15) is 11.3 Å². The fourth-order valence-corrected chi connectivity index (χ4v) is 3.49. The van der Waals surface area contributed by atoms with E-state index in [1.54, 1.807) is 0 Å². The van der Waals surface area contributed by atoms with E-state index in [2.05, 4.69) is 23.5 Å². The summed E-state index contributed by atoms with van der Waals surface area (Å²) in [5.41, 5.74) is 8.31. The third-order valence-corrected chi connectivity index (χ3v) is 5.21. The molecular formula is C21H31ClN4. The first-order valence-corrected chi connectivity index (χ1v) is 9.64. The van der Waals surface area contributed by atoms with Crippen LogP contribution >= 0.6 is 11.6 Å². The van der Waals surface area contributed by atoms with Crippen LogP contribution in [-0.2, 0) is 7.05 Å². The van der Waals surface area contributed by atoms with Crippen LogP contribution in [0.5, 0.6) is 0 Å². The minimum absolute atomic E-state index is 0. The lowest BCUT2D eigenvalue weighted by Gasteiger charge is -2.24. The van der Waals surface area contributed by atoms with Crippen LogP contribution in [0.1, 0.15) is 64.6 Å². The third kappa shape index (κ3) is 4.18. The molecule has 1 aliphatic carbocycles. The molecule has 3 aromatic rings. The lowest BCUT2D eigenvalue weighted by Crippen LogP contribution is -2.13. The summed E-state index contributed by atoms with van der Waals surface area (Å²) in [4.78, 5) is 9.25. The van der Waals surface area contributed by atoms with E-state index in [0.29, 0.717) is 5.92 Å². The number of imidazole rings is 1. The van der Waals surface area contributed by atoms with Crippen LogP contribution in [0.4, 0.5) is 0 Å². The van der Waals surface area contributed by atoms with E-state index in [9.17, 15) is 0 Å². The molecule has 0 bridgehead atoms. The van der Waals surface area contributed by atoms with E-state index < -0.39 is 0 Å². The molecule has 0 unspecified atom stereocenters. The third-order valence-electron chi connectivity index (χ3n) is 4.97. The quantitative estimate of drug-likeness (QED) is 0.586. The Kier molecular flexibility index (Phi) is 7.42. The number of rotatable bonds is 4. The van der Waals surface area contributed by atoms with Crippen LogP contribution in [0.2, 0.25) is 5.02 Å². The van der Waals surface area contributed by atoms with Gasteiger partial charge in [0.2, 0.25) is 0 Å². The Bertz CT molecular complexity index is 848. The molecule has 0 saturated heterocycles. The fraction of sp³-hybridized carbons (Fsp3) is 0.524. The van der Waals surface area contributed by atoms with Crippen molar-refractivity contribution >= 4 is 33.5 Å². The maximum Gasteiger partial charge on any atom is 0.112 e. The maximum absolute atomic E-state index is 6.12. The summed E-state index contributed by atoms with van der Waals surface area (Å²) in [5.74, 6) is 1.81. The van der Waals surface area contributed by atoms with Crippen molar-refractivity contribution in [1.82, 2.24) is 14.5 Å². The second kappa shape index (κ2) is 9.33. The zero-order valence-corrected chi connectivity index (χ0v) is 15.9. The Balaban J connectivity index is 0.000000305. The fourth-order valence-electron chi connectivity index (χ4n) is 3.31. The molecule has 4 nitrogen and oxygen atoms in total. The molecule has 2 heterocycles. The monoisotopic (exact) mass is 374 g/mol. The highest BCUT2D eigenvalue weighted by Crippen LogP contribution is 2.37. The zero-order valence-electron chi connectivity index (χ0n) is 15.1. The van der Waals surface area contributed by atoms with Gasteiger partial charge in [-0.1, -0.05) is 45.2 Å². The minimum Gasteiger partial charge on any atom is -0.330 e. The number of pyridine rings is 1. The Labute approximate surface area is 161 Å². The molecule has 1 saturated carbocycles. The summed E-state index contributed by atoms with van der Waals surface area (Å²) in [7, 11) is 2.10. The van der Waals surface area contributed by atoms with E-state index in [-0.39, 0.29) is 7.43 Å². The van der Waals surface area contributed by atoms with Gasteiger partial charge in [-0.2, -0.15) is 0 Å². The molecular weight excluding hydrogens is 344 g/mol. The number of aromatic nitrogens is 3. The van der Waals surface area contributed by atoms with Gasteiger partial charge >= 0.3 is 0 Å². The first kappa shape index (κ1) is 20.7. The molecule has 26 heavy (non-hydrogen) atoms. The van der Waals surface area contributed by atoms with Gasteiger partial charge in [0.05, 0.1) is 17.2 Å². The van der Waals surface area contributed by atoms with Gasteiger partial charge in [-0.3, -0.25) is 4.98 Å². The van der Waals surface area contributed by atoms with Crippen molar-refractivity contribution in [3.8, 4) is 0 Å². The van der Waals surface area contributed by atoms with E-state index in [0.717, 1.165) is 33.5 Å². The molecule has 0 atom stereocenters. The topological polar surface area (TPSA) is 56.7 Å². The molecule has 0 aliphatic heterocycles. The second-order valence-corrected chi connectivity index (χ2v) is 7.24. The van der Waals surface area contributed by atoms with E-state index in [1.165, 1.54) is 44.3 Å². The molecule has 1 aromatic carbocycles. The van der Waals surface area contributed by atoms with Crippen molar-refractivity contribution in [2.24, 2.45) is 12.8 Å². The molecule has 0 spiro atoms. The Morgan fingerprint density at radius 2 is 2.00 bits per heavy atom. The number of nitrogens with zero attached hydrogens (tertiary/aromatic N) is 3. The normalized spacial score (nSPS) is 13.8. The first-order valence-electron chi connectivity index (χ1n) is 9.26. The predicted octanol–water partition coefficient (Wildman–Crippen LogP) is 5.81. The van der Waals surface area contributed by atoms with Crippen LogP contribution in [0.3, 0.4) is 0 Å². The standard InChI is InChI=1S/C15H14ClN3.C5H13N.CH4/c1-19-14-11-7-10(16)5-6-12(11)17-8-13(14)18-15(19)9-3-2-4-9;1-2-3-4-5-6;/h5-9H,2-4H2,1H3;2-6H2,1H3;1H4. The number of fused-ring (bicyclic) bond motifs is 3. The molecule has 5 heteroatoms. The van der Waals surface area contributed by atoms with Crippen molar-refractivity contribution < 1.29 is 0 Å². The van der Waals surface area contributed by atoms with Crippen LogP contribution in [-0.4, -0.2) is 21.1 Å². The van der Waals surface area contributed by atoms with Crippen LogP contribution in [0.15, 0.2) is 24.4 Å². The van der Waals surface area contributed by atoms with Gasteiger partial charge in [-0.05, 0) is 44.0 Å². The molecule has 0 amide bonds. The van der Waals surface area contributed by atoms with Gasteiger partial charge in [-0.25, -0.2) is 4.98 Å². The lowest BCUT2D eigenvalue weighted by atomic mass is 9.85. The summed E-state index contributed by atoms with van der Waals surface area (Å²) in [6.45, 7) is 3.03. The minimum atomic E-state index is 0. The van der Waals surface area contributed by atoms with Gasteiger partial charge < -0.3 is 10.3 Å². The number of hydrogen-bond donors (Lipinski definition) is 1. The van der Waals surface area contributed by atoms with Gasteiger partial charge in [-0.15, -0.1) is 0 Å².